The van der Waals surface area contributed by atoms with E-state index in [1.54, 1.807) is 12.1 Å². The van der Waals surface area contributed by atoms with Crippen molar-refractivity contribution in [2.75, 3.05) is 25.0 Å². The van der Waals surface area contributed by atoms with Crippen molar-refractivity contribution in [2.45, 2.75) is 12.8 Å². The van der Waals surface area contributed by atoms with Crippen LogP contribution in [0, 0.1) is 0 Å². The second-order valence-electron chi connectivity index (χ2n) is 4.47. The number of thiocarbonyl (C=S) groups is 1. The lowest BCUT2D eigenvalue weighted by Gasteiger charge is -2.17. The van der Waals surface area contributed by atoms with Crippen LogP contribution in [0.4, 0.5) is 5.69 Å². The summed E-state index contributed by atoms with van der Waals surface area (Å²) in [6, 6.07) is 5.34. The highest BCUT2D eigenvalue weighted by atomic mass is 35.5. The number of amides is 1. The zero-order valence-corrected chi connectivity index (χ0v) is 12.1. The van der Waals surface area contributed by atoms with Crippen LogP contribution < -0.4 is 11.1 Å². The average molecular weight is 298 g/mol. The minimum absolute atomic E-state index is 0.0892. The molecule has 1 aromatic carbocycles. The van der Waals surface area contributed by atoms with Crippen LogP contribution in [0.25, 0.3) is 0 Å². The van der Waals surface area contributed by atoms with Crippen molar-refractivity contribution in [2.24, 2.45) is 5.73 Å². The first-order valence-electron chi connectivity index (χ1n) is 6.19. The number of carbonyl (C=O) groups is 1. The monoisotopic (exact) mass is 297 g/mol. The Morgan fingerprint density at radius 2 is 2.11 bits per heavy atom. The molecule has 0 spiro atoms. The van der Waals surface area contributed by atoms with Crippen LogP contribution in [0.5, 0.6) is 0 Å². The largest absolute Gasteiger partial charge is 0.389 e. The van der Waals surface area contributed by atoms with Gasteiger partial charge in [0.1, 0.15) is 4.99 Å². The third-order valence-electron chi connectivity index (χ3n) is 3.15. The van der Waals surface area contributed by atoms with Gasteiger partial charge in [-0.25, -0.2) is 0 Å². The molecule has 0 saturated carbocycles. The minimum Gasteiger partial charge on any atom is -0.389 e. The Morgan fingerprint density at radius 3 is 2.74 bits per heavy atom. The number of hydrogen-bond donors (Lipinski definition) is 2. The predicted octanol–water partition coefficient (Wildman–Crippen LogP) is 2.01. The lowest BCUT2D eigenvalue weighted by molar-refractivity contribution is -0.128. The lowest BCUT2D eigenvalue weighted by Crippen LogP contribution is -2.33. The lowest BCUT2D eigenvalue weighted by atomic mass is 10.1. The highest BCUT2D eigenvalue weighted by Crippen LogP contribution is 2.24. The summed E-state index contributed by atoms with van der Waals surface area (Å²) in [5, 5.41) is 3.56. The molecule has 3 N–H and O–H groups in total. The number of halogens is 1. The third kappa shape index (κ3) is 3.36. The summed E-state index contributed by atoms with van der Waals surface area (Å²) in [7, 11) is 0. The Bertz CT molecular complexity index is 501. The summed E-state index contributed by atoms with van der Waals surface area (Å²) in [4.78, 5) is 14.0. The van der Waals surface area contributed by atoms with Crippen LogP contribution in [-0.4, -0.2) is 35.4 Å². The summed E-state index contributed by atoms with van der Waals surface area (Å²) >= 11 is 11.0. The first-order chi connectivity index (χ1) is 9.09. The molecule has 6 heteroatoms. The number of carbonyl (C=O) groups excluding carboxylic acids is 1. The van der Waals surface area contributed by atoms with Gasteiger partial charge in [0.05, 0.1) is 17.1 Å². The molecule has 2 rings (SSSR count). The molecule has 0 radical (unpaired) electrons. The molecule has 1 fully saturated rings. The van der Waals surface area contributed by atoms with Gasteiger partial charge < -0.3 is 16.0 Å². The fraction of sp³-hybridized carbons (Fsp3) is 0.385. The van der Waals surface area contributed by atoms with Gasteiger partial charge in [-0.15, -0.1) is 0 Å². The quantitative estimate of drug-likeness (QED) is 0.835. The number of nitrogens with zero attached hydrogens (tertiary/aromatic N) is 1. The molecule has 0 atom stereocenters. The highest BCUT2D eigenvalue weighted by Gasteiger charge is 2.18. The summed E-state index contributed by atoms with van der Waals surface area (Å²) in [6.07, 6.45) is 2.17. The number of anilines is 1. The molecule has 4 nitrogen and oxygen atoms in total. The van der Waals surface area contributed by atoms with E-state index in [1.165, 1.54) is 0 Å². The SMILES string of the molecule is NC(=S)c1c(Cl)cccc1NCC(=O)N1CCCC1. The van der Waals surface area contributed by atoms with Crippen molar-refractivity contribution in [3.63, 3.8) is 0 Å². The normalized spacial score (nSPS) is 14.5. The van der Waals surface area contributed by atoms with Gasteiger partial charge >= 0.3 is 0 Å². The summed E-state index contributed by atoms with van der Waals surface area (Å²) in [6.45, 7) is 1.92. The molecule has 0 unspecified atom stereocenters. The molecular weight excluding hydrogens is 282 g/mol. The van der Waals surface area contributed by atoms with Crippen LogP contribution in [0.2, 0.25) is 5.02 Å². The number of likely N-dealkylation sites (tertiary alicyclic amines) is 1. The Balaban J connectivity index is 2.05. The fourth-order valence-corrected chi connectivity index (χ4v) is 2.72. The maximum atomic E-state index is 12.0. The van der Waals surface area contributed by atoms with E-state index in [4.69, 9.17) is 29.6 Å². The third-order valence-corrected chi connectivity index (χ3v) is 3.67. The molecule has 1 amide bonds. The first kappa shape index (κ1) is 14.1. The van der Waals surface area contributed by atoms with Gasteiger partial charge in [-0.2, -0.15) is 0 Å². The van der Waals surface area contributed by atoms with Gasteiger partial charge in [-0.3, -0.25) is 4.79 Å². The van der Waals surface area contributed by atoms with Gasteiger partial charge in [-0.1, -0.05) is 29.9 Å². The van der Waals surface area contributed by atoms with Gasteiger partial charge in [0.25, 0.3) is 0 Å². The molecule has 1 aliphatic rings. The molecule has 102 valence electrons. The van der Waals surface area contributed by atoms with Crippen LogP contribution >= 0.6 is 23.8 Å². The predicted molar refractivity (Wildman–Crippen MR) is 81.6 cm³/mol. The molecular formula is C13H16ClN3OS. The zero-order chi connectivity index (χ0) is 13.8. The molecule has 1 aliphatic heterocycles. The van der Waals surface area contributed by atoms with E-state index >= 15 is 0 Å². The number of nitrogens with one attached hydrogen (secondary N) is 1. The van der Waals surface area contributed by atoms with Crippen LogP contribution in [0.1, 0.15) is 18.4 Å². The van der Waals surface area contributed by atoms with Gasteiger partial charge in [0.15, 0.2) is 0 Å². The van der Waals surface area contributed by atoms with E-state index < -0.39 is 0 Å². The molecule has 1 saturated heterocycles. The second-order valence-corrected chi connectivity index (χ2v) is 5.32. The smallest absolute Gasteiger partial charge is 0.241 e. The Labute approximate surface area is 122 Å². The van der Waals surface area contributed by atoms with Crippen molar-refractivity contribution in [1.82, 2.24) is 4.90 Å². The van der Waals surface area contributed by atoms with Crippen molar-refractivity contribution in [3.8, 4) is 0 Å². The van der Waals surface area contributed by atoms with E-state index in [2.05, 4.69) is 5.32 Å². The van der Waals surface area contributed by atoms with E-state index in [0.717, 1.165) is 25.9 Å². The van der Waals surface area contributed by atoms with E-state index in [1.807, 2.05) is 11.0 Å². The van der Waals surface area contributed by atoms with E-state index in [9.17, 15) is 4.79 Å². The zero-order valence-electron chi connectivity index (χ0n) is 10.5. The summed E-state index contributed by atoms with van der Waals surface area (Å²) < 4.78 is 0. The van der Waals surface area contributed by atoms with Gasteiger partial charge in [-0.05, 0) is 25.0 Å². The Kier molecular flexibility index (Phi) is 4.61. The van der Waals surface area contributed by atoms with Gasteiger partial charge in [0.2, 0.25) is 5.91 Å². The van der Waals surface area contributed by atoms with E-state index in [0.29, 0.717) is 16.3 Å². The summed E-state index contributed by atoms with van der Waals surface area (Å²) in [5.41, 5.74) is 6.95. The minimum atomic E-state index is 0.0892. The van der Waals surface area contributed by atoms with Crippen LogP contribution in [-0.2, 0) is 4.79 Å². The van der Waals surface area contributed by atoms with Crippen molar-refractivity contribution in [1.29, 1.82) is 0 Å². The Morgan fingerprint density at radius 1 is 1.42 bits per heavy atom. The maximum Gasteiger partial charge on any atom is 0.241 e. The second kappa shape index (κ2) is 6.21. The fourth-order valence-electron chi connectivity index (χ4n) is 2.17. The average Bonchev–Trinajstić information content (AvgIpc) is 2.89. The van der Waals surface area contributed by atoms with Crippen molar-refractivity contribution in [3.05, 3.63) is 28.8 Å². The number of rotatable bonds is 4. The number of hydrogen-bond acceptors (Lipinski definition) is 3. The molecule has 0 aromatic heterocycles. The van der Waals surface area contributed by atoms with Crippen LogP contribution in [0.15, 0.2) is 18.2 Å². The standard InChI is InChI=1S/C13H16ClN3OS/c14-9-4-3-5-10(12(9)13(15)19)16-8-11(18)17-6-1-2-7-17/h3-5,16H,1-2,6-8H2,(H2,15,19). The summed E-state index contributed by atoms with van der Waals surface area (Å²) in [5.74, 6) is 0.0892. The molecule has 19 heavy (non-hydrogen) atoms. The van der Waals surface area contributed by atoms with Gasteiger partial charge in [0, 0.05) is 18.8 Å². The van der Waals surface area contributed by atoms with E-state index in [-0.39, 0.29) is 17.4 Å². The highest BCUT2D eigenvalue weighted by molar-refractivity contribution is 7.80. The molecule has 1 aromatic rings. The Hall–Kier alpha value is -1.33. The van der Waals surface area contributed by atoms with Crippen molar-refractivity contribution < 1.29 is 4.79 Å². The molecule has 1 heterocycles. The maximum absolute atomic E-state index is 12.0. The molecule has 0 aliphatic carbocycles. The topological polar surface area (TPSA) is 58.4 Å². The van der Waals surface area contributed by atoms with Crippen LogP contribution in [0.3, 0.4) is 0 Å². The number of nitrogens with two attached hydrogens (primary N) is 1. The molecule has 0 bridgehead atoms. The van der Waals surface area contributed by atoms with Crippen molar-refractivity contribution >= 4 is 40.4 Å². The number of benzene rings is 1. The first-order valence-corrected chi connectivity index (χ1v) is 6.98.